The van der Waals surface area contributed by atoms with Crippen molar-refractivity contribution in [3.05, 3.63) is 71.4 Å². The molecule has 0 atom stereocenters. The van der Waals surface area contributed by atoms with E-state index in [0.29, 0.717) is 11.4 Å². The maximum Gasteiger partial charge on any atom is 0.416 e. The maximum atomic E-state index is 12.6. The van der Waals surface area contributed by atoms with Gasteiger partial charge in [0.15, 0.2) is 5.82 Å². The molecule has 0 spiro atoms. The van der Waals surface area contributed by atoms with E-state index >= 15 is 0 Å². The van der Waals surface area contributed by atoms with Gasteiger partial charge in [-0.25, -0.2) is 9.97 Å². The number of hydrogen-bond donors (Lipinski definition) is 1. The van der Waals surface area contributed by atoms with Crippen LogP contribution in [0.1, 0.15) is 5.56 Å². The molecule has 0 radical (unpaired) electrons. The second-order valence-corrected chi connectivity index (χ2v) is 5.35. The first-order valence-electron chi connectivity index (χ1n) is 6.96. The van der Waals surface area contributed by atoms with Gasteiger partial charge < -0.3 is 5.32 Å². The van der Waals surface area contributed by atoms with Crippen molar-refractivity contribution in [2.45, 2.75) is 6.18 Å². The number of hydrogen-bond acceptors (Lipinski definition) is 3. The molecule has 0 amide bonds. The largest absolute Gasteiger partial charge is 0.416 e. The molecule has 122 valence electrons. The van der Waals surface area contributed by atoms with Crippen LogP contribution in [0.3, 0.4) is 0 Å². The Kier molecular flexibility index (Phi) is 4.40. The summed E-state index contributed by atoms with van der Waals surface area (Å²) in [5, 5.41) is 3.27. The number of nitrogens with zero attached hydrogens (tertiary/aromatic N) is 2. The summed E-state index contributed by atoms with van der Waals surface area (Å²) in [6, 6.07) is 15.5. The minimum atomic E-state index is -4.38. The highest BCUT2D eigenvalue weighted by atomic mass is 35.5. The number of alkyl halides is 3. The number of halogens is 4. The Morgan fingerprint density at radius 2 is 1.54 bits per heavy atom. The van der Waals surface area contributed by atoms with Gasteiger partial charge in [0.2, 0.25) is 0 Å². The lowest BCUT2D eigenvalue weighted by atomic mass is 10.1. The number of para-hydroxylation sites is 1. The fourth-order valence-corrected chi connectivity index (χ4v) is 2.27. The van der Waals surface area contributed by atoms with E-state index in [1.807, 2.05) is 30.3 Å². The van der Waals surface area contributed by atoms with Crippen molar-refractivity contribution in [1.82, 2.24) is 9.97 Å². The predicted molar refractivity (Wildman–Crippen MR) is 87.2 cm³/mol. The minimum absolute atomic E-state index is 0.193. The topological polar surface area (TPSA) is 37.8 Å². The van der Waals surface area contributed by atoms with Gasteiger partial charge in [0, 0.05) is 17.3 Å². The van der Waals surface area contributed by atoms with Gasteiger partial charge in [0.25, 0.3) is 0 Å². The third-order valence-electron chi connectivity index (χ3n) is 3.21. The van der Waals surface area contributed by atoms with Crippen LogP contribution in [0.4, 0.5) is 24.7 Å². The first-order valence-corrected chi connectivity index (χ1v) is 7.34. The standard InChI is InChI=1S/C17H11ClF3N3/c18-14-10-15(22-13-4-2-1-3-5-13)24-16(23-14)11-6-8-12(9-7-11)17(19,20)21/h1-10H,(H,22,23,24). The number of rotatable bonds is 3. The Balaban J connectivity index is 1.91. The highest BCUT2D eigenvalue weighted by Gasteiger charge is 2.30. The molecule has 1 aromatic heterocycles. The van der Waals surface area contributed by atoms with Crippen LogP contribution in [0.25, 0.3) is 11.4 Å². The van der Waals surface area contributed by atoms with Gasteiger partial charge in [0.05, 0.1) is 5.56 Å². The summed E-state index contributed by atoms with van der Waals surface area (Å²) >= 11 is 6.00. The zero-order chi connectivity index (χ0) is 17.2. The summed E-state index contributed by atoms with van der Waals surface area (Å²) < 4.78 is 37.9. The average Bonchev–Trinajstić information content (AvgIpc) is 2.54. The molecule has 1 N–H and O–H groups in total. The lowest BCUT2D eigenvalue weighted by Crippen LogP contribution is -2.04. The Morgan fingerprint density at radius 3 is 2.17 bits per heavy atom. The summed E-state index contributed by atoms with van der Waals surface area (Å²) in [5.41, 5.74) is 0.531. The molecule has 0 fully saturated rings. The average molecular weight is 350 g/mol. The molecule has 0 saturated heterocycles. The fraction of sp³-hybridized carbons (Fsp3) is 0.0588. The van der Waals surface area contributed by atoms with Crippen molar-refractivity contribution >= 4 is 23.1 Å². The summed E-state index contributed by atoms with van der Waals surface area (Å²) in [6.45, 7) is 0. The van der Waals surface area contributed by atoms with Crippen LogP contribution in [0.2, 0.25) is 5.15 Å². The Bertz CT molecular complexity index is 834. The van der Waals surface area contributed by atoms with E-state index in [1.54, 1.807) is 6.07 Å². The zero-order valence-electron chi connectivity index (χ0n) is 12.2. The van der Waals surface area contributed by atoms with E-state index in [9.17, 15) is 13.2 Å². The Morgan fingerprint density at radius 1 is 0.875 bits per heavy atom. The third kappa shape index (κ3) is 3.83. The second kappa shape index (κ2) is 6.49. The number of aromatic nitrogens is 2. The van der Waals surface area contributed by atoms with E-state index in [1.165, 1.54) is 12.1 Å². The lowest BCUT2D eigenvalue weighted by Gasteiger charge is -2.09. The Hall–Kier alpha value is -2.60. The first kappa shape index (κ1) is 16.3. The van der Waals surface area contributed by atoms with Crippen LogP contribution in [-0.4, -0.2) is 9.97 Å². The SMILES string of the molecule is FC(F)(F)c1ccc(-c2nc(Cl)cc(Nc3ccccc3)n2)cc1. The molecule has 24 heavy (non-hydrogen) atoms. The normalized spacial score (nSPS) is 11.3. The second-order valence-electron chi connectivity index (χ2n) is 4.97. The van der Waals surface area contributed by atoms with Gasteiger partial charge >= 0.3 is 6.18 Å². The van der Waals surface area contributed by atoms with Crippen LogP contribution in [0.15, 0.2) is 60.7 Å². The molecule has 3 rings (SSSR count). The molecule has 0 bridgehead atoms. The summed E-state index contributed by atoms with van der Waals surface area (Å²) in [5.74, 6) is 0.700. The lowest BCUT2D eigenvalue weighted by molar-refractivity contribution is -0.137. The molecule has 0 saturated carbocycles. The van der Waals surface area contributed by atoms with Gasteiger partial charge in [-0.15, -0.1) is 0 Å². The van der Waals surface area contributed by atoms with Gasteiger partial charge in [-0.2, -0.15) is 13.2 Å². The van der Waals surface area contributed by atoms with E-state index in [4.69, 9.17) is 11.6 Å². The van der Waals surface area contributed by atoms with Gasteiger partial charge in [-0.1, -0.05) is 41.9 Å². The van der Waals surface area contributed by atoms with Crippen LogP contribution >= 0.6 is 11.6 Å². The predicted octanol–water partition coefficient (Wildman–Crippen LogP) is 5.56. The molecule has 0 unspecified atom stereocenters. The van der Waals surface area contributed by atoms with Crippen molar-refractivity contribution in [3.8, 4) is 11.4 Å². The van der Waals surface area contributed by atoms with Gasteiger partial charge in [0.1, 0.15) is 11.0 Å². The molecule has 3 aromatic rings. The van der Waals surface area contributed by atoms with E-state index in [2.05, 4.69) is 15.3 Å². The van der Waals surface area contributed by atoms with E-state index < -0.39 is 11.7 Å². The molecule has 0 aliphatic rings. The number of benzene rings is 2. The molecule has 3 nitrogen and oxygen atoms in total. The van der Waals surface area contributed by atoms with Crippen LogP contribution in [0.5, 0.6) is 0 Å². The minimum Gasteiger partial charge on any atom is -0.340 e. The van der Waals surface area contributed by atoms with Crippen molar-refractivity contribution in [1.29, 1.82) is 0 Å². The molecule has 0 aliphatic heterocycles. The monoisotopic (exact) mass is 349 g/mol. The summed E-state index contributed by atoms with van der Waals surface area (Å²) in [4.78, 5) is 8.37. The van der Waals surface area contributed by atoms with Gasteiger partial charge in [-0.3, -0.25) is 0 Å². The molecule has 2 aromatic carbocycles. The number of nitrogens with one attached hydrogen (secondary N) is 1. The van der Waals surface area contributed by atoms with Crippen LogP contribution in [0, 0.1) is 0 Å². The van der Waals surface area contributed by atoms with Crippen molar-refractivity contribution in [2.24, 2.45) is 0 Å². The van der Waals surface area contributed by atoms with E-state index in [-0.39, 0.29) is 11.0 Å². The van der Waals surface area contributed by atoms with Crippen molar-refractivity contribution in [2.75, 3.05) is 5.32 Å². The van der Waals surface area contributed by atoms with E-state index in [0.717, 1.165) is 17.8 Å². The Labute approximate surface area is 141 Å². The molecule has 1 heterocycles. The summed E-state index contributed by atoms with van der Waals surface area (Å²) in [6.07, 6.45) is -4.38. The third-order valence-corrected chi connectivity index (χ3v) is 3.41. The fourth-order valence-electron chi connectivity index (χ4n) is 2.09. The smallest absolute Gasteiger partial charge is 0.340 e. The van der Waals surface area contributed by atoms with Crippen molar-refractivity contribution in [3.63, 3.8) is 0 Å². The molecule has 7 heteroatoms. The highest BCUT2D eigenvalue weighted by Crippen LogP contribution is 2.31. The first-order chi connectivity index (χ1) is 11.4. The molecular formula is C17H11ClF3N3. The van der Waals surface area contributed by atoms with Gasteiger partial charge in [-0.05, 0) is 24.3 Å². The molecular weight excluding hydrogens is 339 g/mol. The zero-order valence-corrected chi connectivity index (χ0v) is 12.9. The quantitative estimate of drug-likeness (QED) is 0.629. The summed E-state index contributed by atoms with van der Waals surface area (Å²) in [7, 11) is 0. The maximum absolute atomic E-state index is 12.6. The number of anilines is 2. The highest BCUT2D eigenvalue weighted by molar-refractivity contribution is 6.29. The van der Waals surface area contributed by atoms with Crippen LogP contribution in [-0.2, 0) is 6.18 Å². The van der Waals surface area contributed by atoms with Crippen LogP contribution < -0.4 is 5.32 Å². The molecule has 0 aliphatic carbocycles. The van der Waals surface area contributed by atoms with Crippen molar-refractivity contribution < 1.29 is 13.2 Å².